The maximum absolute atomic E-state index is 11.9. The van der Waals surface area contributed by atoms with Gasteiger partial charge in [-0.05, 0) is 44.0 Å². The van der Waals surface area contributed by atoms with Crippen molar-refractivity contribution in [3.05, 3.63) is 34.9 Å². The predicted octanol–water partition coefficient (Wildman–Crippen LogP) is 3.86. The molecule has 3 aromatic carbocycles. The van der Waals surface area contributed by atoms with Gasteiger partial charge in [0.25, 0.3) is 0 Å². The van der Waals surface area contributed by atoms with E-state index in [1.54, 1.807) is 41.2 Å². The first-order valence-electron chi connectivity index (χ1n) is 11.5. The van der Waals surface area contributed by atoms with Gasteiger partial charge in [0.15, 0.2) is 0 Å². The summed E-state index contributed by atoms with van der Waals surface area (Å²) >= 11 is 0. The smallest absolute Gasteiger partial charge is 0.339 e. The Labute approximate surface area is 210 Å². The van der Waals surface area contributed by atoms with Gasteiger partial charge in [0.2, 0.25) is 0 Å². The van der Waals surface area contributed by atoms with Gasteiger partial charge in [-0.25, -0.2) is 4.79 Å². The monoisotopic (exact) mass is 502 g/mol. The van der Waals surface area contributed by atoms with Gasteiger partial charge in [-0.1, -0.05) is 6.07 Å². The zero-order valence-corrected chi connectivity index (χ0v) is 21.7. The van der Waals surface area contributed by atoms with Crippen molar-refractivity contribution in [2.24, 2.45) is 0 Å². The van der Waals surface area contributed by atoms with Gasteiger partial charge in [0, 0.05) is 22.6 Å². The molecule has 4 rings (SSSR count). The minimum absolute atomic E-state index is 0.0938. The third-order valence-electron chi connectivity index (χ3n) is 6.49. The van der Waals surface area contributed by atoms with Crippen molar-refractivity contribution >= 4 is 27.5 Å². The van der Waals surface area contributed by atoms with Crippen LogP contribution in [0.3, 0.4) is 0 Å². The van der Waals surface area contributed by atoms with Crippen LogP contribution in [0.4, 0.5) is 0 Å². The number of hydrogen-bond acceptors (Lipinski definition) is 8. The number of carboxylic acids is 1. The van der Waals surface area contributed by atoms with Crippen LogP contribution in [-0.2, 0) is 4.74 Å². The van der Waals surface area contributed by atoms with Gasteiger partial charge in [0.05, 0.1) is 58.7 Å². The number of rotatable bonds is 5. The van der Waals surface area contributed by atoms with Crippen molar-refractivity contribution in [1.29, 1.82) is 0 Å². The molecule has 0 bridgehead atoms. The molecular formula is C27H34O9. The van der Waals surface area contributed by atoms with Crippen LogP contribution in [-0.4, -0.2) is 74.6 Å². The van der Waals surface area contributed by atoms with Gasteiger partial charge in [0.1, 0.15) is 28.6 Å². The number of aliphatic hydroxyl groups is 2. The number of aromatic carboxylic acids is 1. The van der Waals surface area contributed by atoms with Crippen LogP contribution < -0.4 is 18.9 Å². The molecule has 1 fully saturated rings. The molecule has 0 amide bonds. The van der Waals surface area contributed by atoms with E-state index in [2.05, 4.69) is 0 Å². The second-order valence-electron chi connectivity index (χ2n) is 8.71. The minimum Gasteiger partial charge on any atom is -0.496 e. The molecule has 0 saturated carbocycles. The molecule has 1 aliphatic heterocycles. The minimum atomic E-state index is -1.07. The van der Waals surface area contributed by atoms with Gasteiger partial charge >= 0.3 is 5.97 Å². The Morgan fingerprint density at radius 1 is 0.917 bits per heavy atom. The topological polar surface area (TPSA) is 124 Å². The van der Waals surface area contributed by atoms with Crippen molar-refractivity contribution in [2.45, 2.75) is 45.5 Å². The molecule has 36 heavy (non-hydrogen) atoms. The number of carbonyl (C=O) groups is 1. The average Bonchev–Trinajstić information content (AvgIpc) is 2.85. The first-order chi connectivity index (χ1) is 17.1. The van der Waals surface area contributed by atoms with Crippen LogP contribution in [0.1, 0.15) is 34.8 Å². The van der Waals surface area contributed by atoms with Crippen molar-refractivity contribution in [3.8, 4) is 23.0 Å². The highest BCUT2D eigenvalue weighted by Crippen LogP contribution is 2.50. The molecule has 9 nitrogen and oxygen atoms in total. The molecule has 0 aliphatic carbocycles. The van der Waals surface area contributed by atoms with Crippen LogP contribution in [0, 0.1) is 13.8 Å². The number of hydrogen-bond donors (Lipinski definition) is 3. The largest absolute Gasteiger partial charge is 0.496 e. The number of aliphatic hydroxyl groups excluding tert-OH is 2. The number of ether oxygens (including phenoxy) is 5. The van der Waals surface area contributed by atoms with Gasteiger partial charge in [-0.15, -0.1) is 0 Å². The molecular weight excluding hydrogens is 468 g/mol. The summed E-state index contributed by atoms with van der Waals surface area (Å²) in [6.45, 7) is 5.84. The molecule has 0 radical (unpaired) electrons. The average molecular weight is 503 g/mol. The lowest BCUT2D eigenvalue weighted by molar-refractivity contribution is -0.115. The summed E-state index contributed by atoms with van der Waals surface area (Å²) < 4.78 is 27.5. The molecule has 3 aromatic rings. The Kier molecular flexibility index (Phi) is 8.50. The van der Waals surface area contributed by atoms with Crippen LogP contribution in [0.5, 0.6) is 23.0 Å². The molecule has 3 N–H and O–H groups in total. The number of carboxylic acid groups (broad SMARTS) is 1. The quantitative estimate of drug-likeness (QED) is 0.446. The maximum Gasteiger partial charge on any atom is 0.339 e. The van der Waals surface area contributed by atoms with E-state index >= 15 is 0 Å². The molecule has 9 heteroatoms. The summed E-state index contributed by atoms with van der Waals surface area (Å²) in [5, 5.41) is 30.6. The Morgan fingerprint density at radius 3 is 2.06 bits per heavy atom. The Hall–Kier alpha value is -3.27. The standard InChI is InChI=1S/C21H22O6.C6H12O3/c1-10-7-8-12-17(18(10)25-4)20(27-6)15-11(2)16(21(22)23)14(24-3)9-13(15)19(12)26-5;1-4-6(8)2-5(7)3-9-4/h7-9H,1-6H3,(H,22,23);4-8H,2-3H2,1H3. The number of benzene rings is 3. The zero-order chi connectivity index (χ0) is 26.7. The summed E-state index contributed by atoms with van der Waals surface area (Å²) in [4.78, 5) is 11.9. The van der Waals surface area contributed by atoms with E-state index in [0.29, 0.717) is 46.6 Å². The van der Waals surface area contributed by atoms with Gasteiger partial charge in [-0.2, -0.15) is 0 Å². The highest BCUT2D eigenvalue weighted by Gasteiger charge is 2.26. The molecule has 196 valence electrons. The van der Waals surface area contributed by atoms with E-state index in [-0.39, 0.29) is 17.4 Å². The fourth-order valence-corrected chi connectivity index (χ4v) is 4.66. The Balaban J connectivity index is 0.000000338. The summed E-state index contributed by atoms with van der Waals surface area (Å²) in [6, 6.07) is 5.57. The van der Waals surface area contributed by atoms with Crippen molar-refractivity contribution < 1.29 is 43.8 Å². The molecule has 0 aromatic heterocycles. The highest BCUT2D eigenvalue weighted by atomic mass is 16.5. The first-order valence-corrected chi connectivity index (χ1v) is 11.5. The zero-order valence-electron chi connectivity index (χ0n) is 21.7. The van der Waals surface area contributed by atoms with Crippen molar-refractivity contribution in [3.63, 3.8) is 0 Å². The Morgan fingerprint density at radius 2 is 1.56 bits per heavy atom. The third kappa shape index (κ3) is 4.86. The second kappa shape index (κ2) is 11.2. The summed E-state index contributed by atoms with van der Waals surface area (Å²) in [5.74, 6) is 1.02. The lowest BCUT2D eigenvalue weighted by Crippen LogP contribution is -2.39. The summed E-state index contributed by atoms with van der Waals surface area (Å²) in [5.41, 5.74) is 1.57. The lowest BCUT2D eigenvalue weighted by atomic mass is 9.92. The van der Waals surface area contributed by atoms with Crippen molar-refractivity contribution in [2.75, 3.05) is 35.0 Å². The van der Waals surface area contributed by atoms with Crippen LogP contribution in [0.25, 0.3) is 21.5 Å². The van der Waals surface area contributed by atoms with E-state index in [1.807, 2.05) is 19.1 Å². The van der Waals surface area contributed by atoms with E-state index in [0.717, 1.165) is 16.3 Å². The fourth-order valence-electron chi connectivity index (χ4n) is 4.66. The van der Waals surface area contributed by atoms with E-state index in [9.17, 15) is 9.90 Å². The van der Waals surface area contributed by atoms with E-state index in [1.165, 1.54) is 7.11 Å². The Bertz CT molecular complexity index is 1270. The van der Waals surface area contributed by atoms with Crippen molar-refractivity contribution in [1.82, 2.24) is 0 Å². The second-order valence-corrected chi connectivity index (χ2v) is 8.71. The first kappa shape index (κ1) is 27.3. The maximum atomic E-state index is 11.9. The van der Waals surface area contributed by atoms with Gasteiger partial charge < -0.3 is 39.0 Å². The number of aryl methyl sites for hydroxylation is 2. The normalized spacial score (nSPS) is 19.4. The highest BCUT2D eigenvalue weighted by molar-refractivity contribution is 6.16. The van der Waals surface area contributed by atoms with Crippen LogP contribution >= 0.6 is 0 Å². The van der Waals surface area contributed by atoms with Gasteiger partial charge in [-0.3, -0.25) is 0 Å². The van der Waals surface area contributed by atoms with E-state index in [4.69, 9.17) is 33.9 Å². The molecule has 3 atom stereocenters. The third-order valence-corrected chi connectivity index (χ3v) is 6.49. The molecule has 0 spiro atoms. The molecule has 1 heterocycles. The van der Waals surface area contributed by atoms with Crippen LogP contribution in [0.15, 0.2) is 18.2 Å². The summed E-state index contributed by atoms with van der Waals surface area (Å²) in [7, 11) is 6.19. The fraction of sp³-hybridized carbons (Fsp3) is 0.444. The van der Waals surface area contributed by atoms with E-state index < -0.39 is 18.2 Å². The molecule has 3 unspecified atom stereocenters. The number of methoxy groups -OCH3 is 4. The summed E-state index contributed by atoms with van der Waals surface area (Å²) in [6.07, 6.45) is -0.639. The number of fused-ring (bicyclic) bond motifs is 2. The van der Waals surface area contributed by atoms with Crippen LogP contribution in [0.2, 0.25) is 0 Å². The molecule has 1 saturated heterocycles. The SMILES string of the molecule is CC1OCC(O)CC1O.COc1cc2c(OC)c3ccc(C)c(OC)c3c(OC)c2c(C)c1C(=O)O. The molecule has 1 aliphatic rings. The predicted molar refractivity (Wildman–Crippen MR) is 136 cm³/mol. The lowest BCUT2D eigenvalue weighted by Gasteiger charge is -2.28.